The molecular formula is C12H24N8S. The molecule has 0 aliphatic carbocycles. The predicted molar refractivity (Wildman–Crippen MR) is 89.5 cm³/mol. The van der Waals surface area contributed by atoms with Crippen LogP contribution in [-0.2, 0) is 5.75 Å². The van der Waals surface area contributed by atoms with Gasteiger partial charge in [0.25, 0.3) is 0 Å². The van der Waals surface area contributed by atoms with Crippen molar-refractivity contribution in [2.45, 2.75) is 12.7 Å². The van der Waals surface area contributed by atoms with Gasteiger partial charge in [0, 0.05) is 37.3 Å². The summed E-state index contributed by atoms with van der Waals surface area (Å²) in [5.74, 6) is 2.65. The second kappa shape index (κ2) is 9.92. The number of hydrogen-bond acceptors (Lipinski definition) is 4. The van der Waals surface area contributed by atoms with Gasteiger partial charge in [0.2, 0.25) is 0 Å². The maximum absolute atomic E-state index is 5.75. The molecule has 0 spiro atoms. The summed E-state index contributed by atoms with van der Waals surface area (Å²) in [6.07, 6.45) is 1.72. The van der Waals surface area contributed by atoms with E-state index < -0.39 is 0 Å². The minimum Gasteiger partial charge on any atom is -0.370 e. The number of nitrogens with zero attached hydrogens (tertiary/aromatic N) is 3. The van der Waals surface area contributed by atoms with Crippen LogP contribution >= 0.6 is 11.8 Å². The van der Waals surface area contributed by atoms with Gasteiger partial charge in [0.15, 0.2) is 11.9 Å². The van der Waals surface area contributed by atoms with Gasteiger partial charge in [-0.1, -0.05) is 0 Å². The second-order valence-electron chi connectivity index (χ2n) is 4.26. The summed E-state index contributed by atoms with van der Waals surface area (Å²) in [4.78, 5) is 15.3. The third kappa shape index (κ3) is 7.45. The van der Waals surface area contributed by atoms with Crippen LogP contribution in [0.2, 0.25) is 0 Å². The maximum atomic E-state index is 5.75. The van der Waals surface area contributed by atoms with E-state index in [0.717, 1.165) is 22.9 Å². The van der Waals surface area contributed by atoms with Crippen LogP contribution in [-0.4, -0.2) is 54.3 Å². The van der Waals surface area contributed by atoms with Crippen molar-refractivity contribution in [3.05, 3.63) is 17.7 Å². The molecule has 0 saturated carbocycles. The van der Waals surface area contributed by atoms with Gasteiger partial charge in [-0.05, 0) is 6.92 Å². The molecule has 0 aromatic carbocycles. The van der Waals surface area contributed by atoms with Crippen LogP contribution in [0.1, 0.15) is 11.4 Å². The molecule has 1 aromatic heterocycles. The summed E-state index contributed by atoms with van der Waals surface area (Å²) >= 11 is 1.78. The highest BCUT2D eigenvalue weighted by Crippen LogP contribution is 2.11. The molecule has 1 rings (SSSR count). The standard InChI is InChI=1S/C12H24N8S/c1-9-10(20-8-19-9)7-21-6-5-18-12(14)17-4-3-16-11(13)15-2/h8H,3-7H2,1-2H3,(H,19,20)(H3,13,15,16)(H3,14,17,18). The lowest BCUT2D eigenvalue weighted by atomic mass is 10.4. The molecule has 0 amide bonds. The average molecular weight is 312 g/mol. The summed E-state index contributed by atoms with van der Waals surface area (Å²) in [7, 11) is 1.63. The Morgan fingerprint density at radius 2 is 2.05 bits per heavy atom. The molecule has 8 nitrogen and oxygen atoms in total. The number of nitrogens with one attached hydrogen (secondary N) is 3. The quantitative estimate of drug-likeness (QED) is 0.247. The Hall–Kier alpha value is -1.90. The topological polar surface area (TPSA) is 130 Å². The number of nitrogens with two attached hydrogens (primary N) is 2. The first-order chi connectivity index (χ1) is 10.1. The third-order valence-electron chi connectivity index (χ3n) is 2.67. The number of rotatable bonds is 8. The van der Waals surface area contributed by atoms with Gasteiger partial charge in [0.1, 0.15) is 0 Å². The first-order valence-electron chi connectivity index (χ1n) is 6.70. The summed E-state index contributed by atoms with van der Waals surface area (Å²) < 4.78 is 0. The van der Waals surface area contributed by atoms with Gasteiger partial charge in [0.05, 0.1) is 18.6 Å². The number of hydrogen-bond donors (Lipinski definition) is 5. The van der Waals surface area contributed by atoms with Crippen LogP contribution in [0.3, 0.4) is 0 Å². The number of guanidine groups is 2. The number of aryl methyl sites for hydroxylation is 1. The monoisotopic (exact) mass is 312 g/mol. The van der Waals surface area contributed by atoms with Crippen molar-refractivity contribution in [1.29, 1.82) is 0 Å². The van der Waals surface area contributed by atoms with Crippen molar-refractivity contribution in [1.82, 2.24) is 20.6 Å². The zero-order valence-corrected chi connectivity index (χ0v) is 13.3. The van der Waals surface area contributed by atoms with Crippen molar-refractivity contribution >= 4 is 23.7 Å². The minimum absolute atomic E-state index is 0.414. The van der Waals surface area contributed by atoms with Gasteiger partial charge in [-0.15, -0.1) is 0 Å². The third-order valence-corrected chi connectivity index (χ3v) is 3.62. The van der Waals surface area contributed by atoms with Gasteiger partial charge in [-0.25, -0.2) is 4.98 Å². The summed E-state index contributed by atoms with van der Waals surface area (Å²) in [6, 6.07) is 0. The van der Waals surface area contributed by atoms with E-state index in [9.17, 15) is 0 Å². The van der Waals surface area contributed by atoms with Crippen molar-refractivity contribution in [3.63, 3.8) is 0 Å². The van der Waals surface area contributed by atoms with Crippen LogP contribution in [0, 0.1) is 6.92 Å². The Balaban J connectivity index is 2.06. The number of thioether (sulfide) groups is 1. The first-order valence-corrected chi connectivity index (χ1v) is 7.85. The van der Waals surface area contributed by atoms with E-state index in [4.69, 9.17) is 11.5 Å². The lowest BCUT2D eigenvalue weighted by Gasteiger charge is -2.07. The Morgan fingerprint density at radius 1 is 1.33 bits per heavy atom. The van der Waals surface area contributed by atoms with E-state index >= 15 is 0 Å². The lowest BCUT2D eigenvalue weighted by molar-refractivity contribution is 0.798. The Kier molecular flexibility index (Phi) is 8.10. The normalized spacial score (nSPS) is 12.5. The molecule has 0 atom stereocenters. The van der Waals surface area contributed by atoms with E-state index in [0.29, 0.717) is 31.6 Å². The van der Waals surface area contributed by atoms with Crippen LogP contribution in [0.15, 0.2) is 16.3 Å². The fraction of sp³-hybridized carbons (Fsp3) is 0.583. The molecule has 1 heterocycles. The Labute approximate surface area is 129 Å². The highest BCUT2D eigenvalue weighted by molar-refractivity contribution is 7.98. The molecule has 0 radical (unpaired) electrons. The van der Waals surface area contributed by atoms with E-state index in [-0.39, 0.29) is 0 Å². The number of H-pyrrole nitrogens is 1. The molecule has 9 heteroatoms. The summed E-state index contributed by atoms with van der Waals surface area (Å²) in [6.45, 7) is 3.99. The smallest absolute Gasteiger partial charge is 0.188 e. The molecule has 0 fully saturated rings. The molecule has 1 aromatic rings. The highest BCUT2D eigenvalue weighted by atomic mass is 32.2. The van der Waals surface area contributed by atoms with E-state index in [2.05, 4.69) is 30.6 Å². The fourth-order valence-electron chi connectivity index (χ4n) is 1.45. The summed E-state index contributed by atoms with van der Waals surface area (Å²) in [5, 5.41) is 5.93. The van der Waals surface area contributed by atoms with E-state index in [1.165, 1.54) is 0 Å². The minimum atomic E-state index is 0.414. The van der Waals surface area contributed by atoms with Crippen molar-refractivity contribution < 1.29 is 0 Å². The Morgan fingerprint density at radius 3 is 2.67 bits per heavy atom. The largest absolute Gasteiger partial charge is 0.370 e. The van der Waals surface area contributed by atoms with Gasteiger partial charge >= 0.3 is 0 Å². The SMILES string of the molecule is CN=C(N)NCCNC(N)=NCCSCc1nc[nH]c1C. The number of imidazole rings is 1. The molecule has 21 heavy (non-hydrogen) atoms. The molecule has 0 unspecified atom stereocenters. The zero-order chi connectivity index (χ0) is 15.5. The molecule has 0 aliphatic rings. The van der Waals surface area contributed by atoms with Crippen molar-refractivity contribution in [3.8, 4) is 0 Å². The second-order valence-corrected chi connectivity index (χ2v) is 5.36. The fourth-order valence-corrected chi connectivity index (χ4v) is 2.30. The van der Waals surface area contributed by atoms with Crippen molar-refractivity contribution in [2.75, 3.05) is 32.4 Å². The molecule has 118 valence electrons. The van der Waals surface area contributed by atoms with Gasteiger partial charge in [-0.3, -0.25) is 9.98 Å². The average Bonchev–Trinajstić information content (AvgIpc) is 2.88. The molecular weight excluding hydrogens is 288 g/mol. The molecule has 7 N–H and O–H groups in total. The molecule has 0 aliphatic heterocycles. The van der Waals surface area contributed by atoms with Crippen molar-refractivity contribution in [2.24, 2.45) is 21.5 Å². The van der Waals surface area contributed by atoms with Crippen LogP contribution in [0.25, 0.3) is 0 Å². The van der Waals surface area contributed by atoms with Gasteiger partial charge in [-0.2, -0.15) is 11.8 Å². The number of aliphatic imine (C=N–C) groups is 2. The van der Waals surface area contributed by atoms with E-state index in [1.807, 2.05) is 6.92 Å². The van der Waals surface area contributed by atoms with Crippen LogP contribution < -0.4 is 22.1 Å². The van der Waals surface area contributed by atoms with Crippen LogP contribution in [0.5, 0.6) is 0 Å². The summed E-state index contributed by atoms with van der Waals surface area (Å²) in [5.41, 5.74) is 13.5. The van der Waals surface area contributed by atoms with Gasteiger partial charge < -0.3 is 27.1 Å². The predicted octanol–water partition coefficient (Wildman–Crippen LogP) is -0.610. The van der Waals surface area contributed by atoms with Crippen LogP contribution in [0.4, 0.5) is 0 Å². The lowest BCUT2D eigenvalue weighted by Crippen LogP contribution is -2.40. The number of aromatic nitrogens is 2. The highest BCUT2D eigenvalue weighted by Gasteiger charge is 2.00. The maximum Gasteiger partial charge on any atom is 0.188 e. The zero-order valence-electron chi connectivity index (χ0n) is 12.5. The Bertz CT molecular complexity index is 468. The first kappa shape index (κ1) is 17.2. The molecule has 0 bridgehead atoms. The molecule has 0 saturated heterocycles. The number of aromatic amines is 1. The van der Waals surface area contributed by atoms with E-state index in [1.54, 1.807) is 25.1 Å².